The van der Waals surface area contributed by atoms with Gasteiger partial charge in [-0.3, -0.25) is 0 Å². The van der Waals surface area contributed by atoms with Crippen LogP contribution in [0.3, 0.4) is 0 Å². The van der Waals surface area contributed by atoms with Crippen LogP contribution >= 0.6 is 11.6 Å². The first-order valence-corrected chi connectivity index (χ1v) is 8.67. The zero-order valence-corrected chi connectivity index (χ0v) is 15.3. The Morgan fingerprint density at radius 3 is 2.05 bits per heavy atom. The summed E-state index contributed by atoms with van der Waals surface area (Å²) in [5, 5.41) is 0. The second-order valence-electron chi connectivity index (χ2n) is 8.11. The highest BCUT2D eigenvalue weighted by Crippen LogP contribution is 2.40. The van der Waals surface area contributed by atoms with Gasteiger partial charge in [-0.1, -0.05) is 58.9 Å². The molecule has 1 aliphatic heterocycles. The number of benzene rings is 1. The number of halogens is 1. The molecule has 0 unspecified atom stereocenters. The maximum absolute atomic E-state index is 6.21. The van der Waals surface area contributed by atoms with Crippen molar-refractivity contribution < 1.29 is 9.47 Å². The quantitative estimate of drug-likeness (QED) is 0.706. The van der Waals surface area contributed by atoms with Crippen LogP contribution in [0.15, 0.2) is 24.3 Å². The molecule has 2 rings (SSSR count). The van der Waals surface area contributed by atoms with Crippen molar-refractivity contribution in [2.24, 2.45) is 5.41 Å². The van der Waals surface area contributed by atoms with Crippen molar-refractivity contribution in [3.8, 4) is 0 Å². The highest BCUT2D eigenvalue weighted by atomic mass is 35.5. The van der Waals surface area contributed by atoms with Gasteiger partial charge in [-0.2, -0.15) is 0 Å². The van der Waals surface area contributed by atoms with E-state index in [1.807, 2.05) is 0 Å². The largest absolute Gasteiger partial charge is 0.345 e. The smallest absolute Gasteiger partial charge is 0.194 e. The first-order valence-electron chi connectivity index (χ1n) is 8.13. The molecule has 2 nitrogen and oxygen atoms in total. The van der Waals surface area contributed by atoms with Gasteiger partial charge in [0.2, 0.25) is 0 Å². The minimum Gasteiger partial charge on any atom is -0.345 e. The summed E-state index contributed by atoms with van der Waals surface area (Å²) in [4.78, 5) is 0. The molecule has 0 N–H and O–H groups in total. The molecule has 0 amide bonds. The molecule has 0 atom stereocenters. The third-order valence-corrected chi connectivity index (χ3v) is 4.49. The molecule has 1 aromatic carbocycles. The molecule has 1 fully saturated rings. The summed E-state index contributed by atoms with van der Waals surface area (Å²) in [5.41, 5.74) is 2.63. The molecule has 1 aliphatic rings. The molecular weight excluding hydrogens is 296 g/mol. The van der Waals surface area contributed by atoms with Gasteiger partial charge in [-0.25, -0.2) is 0 Å². The molecule has 1 aromatic rings. The van der Waals surface area contributed by atoms with Crippen LogP contribution in [0.25, 0.3) is 0 Å². The Labute approximate surface area is 140 Å². The molecule has 1 heterocycles. The summed E-state index contributed by atoms with van der Waals surface area (Å²) in [6, 6.07) is 8.66. The number of hydrogen-bond acceptors (Lipinski definition) is 2. The molecule has 22 heavy (non-hydrogen) atoms. The lowest BCUT2D eigenvalue weighted by atomic mass is 9.85. The van der Waals surface area contributed by atoms with Crippen molar-refractivity contribution >= 4 is 11.6 Å². The van der Waals surface area contributed by atoms with Crippen LogP contribution in [0.2, 0.25) is 0 Å². The fourth-order valence-electron chi connectivity index (χ4n) is 2.69. The summed E-state index contributed by atoms with van der Waals surface area (Å²) >= 11 is 5.90. The van der Waals surface area contributed by atoms with E-state index in [0.717, 1.165) is 18.4 Å². The van der Waals surface area contributed by atoms with E-state index < -0.39 is 5.79 Å². The maximum Gasteiger partial charge on any atom is 0.194 e. The van der Waals surface area contributed by atoms with E-state index in [4.69, 9.17) is 21.1 Å². The second-order valence-corrected chi connectivity index (χ2v) is 8.49. The fraction of sp³-hybridized carbons (Fsp3) is 0.684. The molecule has 0 saturated carbocycles. The van der Waals surface area contributed by atoms with Gasteiger partial charge in [-0.15, -0.1) is 11.6 Å². The Kier molecular flexibility index (Phi) is 5.26. The van der Waals surface area contributed by atoms with E-state index in [9.17, 15) is 0 Å². The average molecular weight is 325 g/mol. The lowest BCUT2D eigenvalue weighted by Crippen LogP contribution is -2.45. The molecule has 0 radical (unpaired) electrons. The fourth-order valence-corrected chi connectivity index (χ4v) is 2.82. The first kappa shape index (κ1) is 17.8. The van der Waals surface area contributed by atoms with Crippen LogP contribution in [-0.4, -0.2) is 19.1 Å². The minimum absolute atomic E-state index is 0.0653. The Balaban J connectivity index is 2.26. The highest BCUT2D eigenvalue weighted by Gasteiger charge is 2.41. The Hall–Kier alpha value is -0.570. The summed E-state index contributed by atoms with van der Waals surface area (Å²) in [7, 11) is 0. The average Bonchev–Trinajstić information content (AvgIpc) is 2.46. The topological polar surface area (TPSA) is 18.5 Å². The first-order chi connectivity index (χ1) is 10.2. The Bertz CT molecular complexity index is 475. The predicted octanol–water partition coefficient (Wildman–Crippen LogP) is 5.23. The van der Waals surface area contributed by atoms with Crippen LogP contribution in [0.1, 0.15) is 58.6 Å². The van der Waals surface area contributed by atoms with Crippen molar-refractivity contribution in [1.29, 1.82) is 0 Å². The van der Waals surface area contributed by atoms with Gasteiger partial charge < -0.3 is 9.47 Å². The molecule has 0 spiro atoms. The zero-order chi connectivity index (χ0) is 16.4. The molecule has 0 aromatic heterocycles. The molecule has 124 valence electrons. The van der Waals surface area contributed by atoms with Crippen molar-refractivity contribution in [3.05, 3.63) is 35.4 Å². The van der Waals surface area contributed by atoms with Crippen LogP contribution in [0, 0.1) is 5.41 Å². The summed E-state index contributed by atoms with van der Waals surface area (Å²) < 4.78 is 12.4. The molecule has 0 bridgehead atoms. The van der Waals surface area contributed by atoms with Crippen molar-refractivity contribution in [3.63, 3.8) is 0 Å². The summed E-state index contributed by atoms with van der Waals surface area (Å²) in [6.07, 6.45) is 1.67. The summed E-state index contributed by atoms with van der Waals surface area (Å²) in [6.45, 7) is 12.4. The Morgan fingerprint density at radius 2 is 1.59 bits per heavy atom. The van der Waals surface area contributed by atoms with E-state index in [0.29, 0.717) is 19.1 Å². The van der Waals surface area contributed by atoms with E-state index in [2.05, 4.69) is 58.9 Å². The third kappa shape index (κ3) is 4.04. The van der Waals surface area contributed by atoms with Gasteiger partial charge in [0.25, 0.3) is 0 Å². The van der Waals surface area contributed by atoms with Crippen molar-refractivity contribution in [2.75, 3.05) is 19.1 Å². The summed E-state index contributed by atoms with van der Waals surface area (Å²) in [5.74, 6) is -0.0151. The van der Waals surface area contributed by atoms with Crippen LogP contribution < -0.4 is 0 Å². The Morgan fingerprint density at radius 1 is 1.05 bits per heavy atom. The van der Waals surface area contributed by atoms with Gasteiger partial charge in [0, 0.05) is 23.3 Å². The van der Waals surface area contributed by atoms with Gasteiger partial charge in [0.15, 0.2) is 5.79 Å². The number of ether oxygens (including phenoxy) is 2. The lowest BCUT2D eigenvalue weighted by molar-refractivity contribution is -0.311. The molecular formula is C19H29ClO2. The lowest BCUT2D eigenvalue weighted by Gasteiger charge is -2.44. The van der Waals surface area contributed by atoms with E-state index in [1.54, 1.807) is 0 Å². The number of rotatable bonds is 4. The van der Waals surface area contributed by atoms with Gasteiger partial charge >= 0.3 is 0 Å². The standard InChI is InChI=1S/C19H29ClO2/c1-17(2,3)15-7-9-16(10-8-15)19(11-6-12-20)21-13-18(4,5)14-22-19/h7-10H,6,11-14H2,1-5H3. The van der Waals surface area contributed by atoms with Gasteiger partial charge in [0.05, 0.1) is 13.2 Å². The zero-order valence-electron chi connectivity index (χ0n) is 14.5. The maximum atomic E-state index is 6.21. The number of hydrogen-bond donors (Lipinski definition) is 0. The van der Waals surface area contributed by atoms with Crippen molar-refractivity contribution in [2.45, 2.75) is 58.7 Å². The SMILES string of the molecule is CC1(C)COC(CCCCl)(c2ccc(C(C)(C)C)cc2)OC1. The monoisotopic (exact) mass is 324 g/mol. The second kappa shape index (κ2) is 6.51. The predicted molar refractivity (Wildman–Crippen MR) is 92.5 cm³/mol. The van der Waals surface area contributed by atoms with Gasteiger partial charge in [-0.05, 0) is 17.4 Å². The van der Waals surface area contributed by atoms with E-state index in [-0.39, 0.29) is 10.8 Å². The van der Waals surface area contributed by atoms with Crippen LogP contribution in [-0.2, 0) is 20.7 Å². The van der Waals surface area contributed by atoms with E-state index in [1.165, 1.54) is 5.56 Å². The van der Waals surface area contributed by atoms with E-state index >= 15 is 0 Å². The third-order valence-electron chi connectivity index (χ3n) is 4.22. The minimum atomic E-state index is -0.638. The molecule has 3 heteroatoms. The molecule has 0 aliphatic carbocycles. The van der Waals surface area contributed by atoms with Crippen molar-refractivity contribution in [1.82, 2.24) is 0 Å². The molecule has 1 saturated heterocycles. The van der Waals surface area contributed by atoms with Gasteiger partial charge in [0.1, 0.15) is 0 Å². The normalized spacial score (nSPS) is 20.8. The number of alkyl halides is 1. The highest BCUT2D eigenvalue weighted by molar-refractivity contribution is 6.17. The van der Waals surface area contributed by atoms with Crippen LogP contribution in [0.5, 0.6) is 0 Å². The van der Waals surface area contributed by atoms with Crippen LogP contribution in [0.4, 0.5) is 0 Å².